The summed E-state index contributed by atoms with van der Waals surface area (Å²) in [5.74, 6) is -0.743. The van der Waals surface area contributed by atoms with E-state index in [-0.39, 0.29) is 24.1 Å². The number of amides is 3. The number of rotatable bonds is 6. The second-order valence-corrected chi connectivity index (χ2v) is 7.43. The molecule has 3 aromatic carbocycles. The number of hydrogen-bond acceptors (Lipinski definition) is 4. The number of ether oxygens (including phenoxy) is 1. The molecule has 3 amide bonds. The highest BCUT2D eigenvalue weighted by Crippen LogP contribution is 2.28. The normalized spacial score (nSPS) is 15.3. The second-order valence-electron chi connectivity index (χ2n) is 7.43. The molecule has 1 heterocycles. The van der Waals surface area contributed by atoms with Crippen LogP contribution in [0.15, 0.2) is 78.9 Å². The van der Waals surface area contributed by atoms with Crippen molar-refractivity contribution >= 4 is 34.8 Å². The van der Waals surface area contributed by atoms with Crippen LogP contribution in [0.25, 0.3) is 0 Å². The lowest BCUT2D eigenvalue weighted by molar-refractivity contribution is -0.122. The molecule has 162 valence electrons. The summed E-state index contributed by atoms with van der Waals surface area (Å²) in [6.07, 6.45) is 0.121. The molecule has 0 bridgehead atoms. The van der Waals surface area contributed by atoms with Crippen LogP contribution in [0.2, 0.25) is 0 Å². The van der Waals surface area contributed by atoms with E-state index >= 15 is 0 Å². The molecule has 0 aromatic heterocycles. The van der Waals surface area contributed by atoms with Gasteiger partial charge in [-0.15, -0.1) is 0 Å². The van der Waals surface area contributed by atoms with Gasteiger partial charge in [0, 0.05) is 18.7 Å². The van der Waals surface area contributed by atoms with Crippen molar-refractivity contribution in [3.05, 3.63) is 84.4 Å². The zero-order valence-electron chi connectivity index (χ0n) is 17.6. The number of para-hydroxylation sites is 4. The molecular formula is C25H23N3O4. The molecule has 2 N–H and O–H groups in total. The van der Waals surface area contributed by atoms with Gasteiger partial charge in [-0.05, 0) is 36.4 Å². The van der Waals surface area contributed by atoms with Crippen molar-refractivity contribution in [3.63, 3.8) is 0 Å². The summed E-state index contributed by atoms with van der Waals surface area (Å²) >= 11 is 0. The summed E-state index contributed by atoms with van der Waals surface area (Å²) in [6, 6.07) is 23.1. The number of nitrogens with one attached hydrogen (secondary N) is 2. The Kier molecular flexibility index (Phi) is 6.17. The number of benzene rings is 3. The zero-order chi connectivity index (χ0) is 22.5. The summed E-state index contributed by atoms with van der Waals surface area (Å²) in [5, 5.41) is 5.65. The maximum Gasteiger partial charge on any atom is 0.257 e. The molecule has 7 heteroatoms. The quantitative estimate of drug-likeness (QED) is 0.621. The number of carbonyl (C=O) groups is 3. The van der Waals surface area contributed by atoms with Gasteiger partial charge in [-0.3, -0.25) is 14.4 Å². The van der Waals surface area contributed by atoms with E-state index in [1.807, 2.05) is 36.4 Å². The number of carbonyl (C=O) groups excluding carboxylic acids is 3. The Bertz CT molecular complexity index is 1150. The van der Waals surface area contributed by atoms with Crippen LogP contribution in [0.5, 0.6) is 5.75 Å². The zero-order valence-corrected chi connectivity index (χ0v) is 17.6. The number of anilines is 3. The lowest BCUT2D eigenvalue weighted by Gasteiger charge is -2.17. The van der Waals surface area contributed by atoms with E-state index in [2.05, 4.69) is 10.6 Å². The van der Waals surface area contributed by atoms with Crippen LogP contribution in [-0.4, -0.2) is 31.4 Å². The van der Waals surface area contributed by atoms with E-state index in [9.17, 15) is 14.4 Å². The Morgan fingerprint density at radius 1 is 0.875 bits per heavy atom. The molecule has 1 atom stereocenters. The number of nitrogens with zero attached hydrogens (tertiary/aromatic N) is 1. The molecule has 0 radical (unpaired) electrons. The average Bonchev–Trinajstić information content (AvgIpc) is 3.22. The van der Waals surface area contributed by atoms with Crippen LogP contribution in [0.1, 0.15) is 16.8 Å². The van der Waals surface area contributed by atoms with Gasteiger partial charge >= 0.3 is 0 Å². The summed E-state index contributed by atoms with van der Waals surface area (Å²) < 4.78 is 5.28. The Balaban J connectivity index is 1.48. The Morgan fingerprint density at radius 3 is 2.28 bits per heavy atom. The van der Waals surface area contributed by atoms with Gasteiger partial charge in [0.2, 0.25) is 11.8 Å². The van der Waals surface area contributed by atoms with Crippen LogP contribution < -0.4 is 20.3 Å². The first-order valence-electron chi connectivity index (χ1n) is 10.3. The fourth-order valence-corrected chi connectivity index (χ4v) is 3.70. The maximum atomic E-state index is 12.9. The van der Waals surface area contributed by atoms with Crippen molar-refractivity contribution in [1.29, 1.82) is 0 Å². The van der Waals surface area contributed by atoms with Crippen molar-refractivity contribution in [2.75, 3.05) is 29.2 Å². The number of methoxy groups -OCH3 is 1. The molecule has 32 heavy (non-hydrogen) atoms. The van der Waals surface area contributed by atoms with Crippen molar-refractivity contribution in [1.82, 2.24) is 0 Å². The summed E-state index contributed by atoms with van der Waals surface area (Å²) in [6.45, 7) is 0.296. The highest BCUT2D eigenvalue weighted by Gasteiger charge is 2.35. The molecule has 7 nitrogen and oxygen atoms in total. The highest BCUT2D eigenvalue weighted by atomic mass is 16.5. The van der Waals surface area contributed by atoms with Gasteiger partial charge in [0.15, 0.2) is 0 Å². The summed E-state index contributed by atoms with van der Waals surface area (Å²) in [4.78, 5) is 39.9. The first-order chi connectivity index (χ1) is 15.6. The molecule has 1 saturated heterocycles. The van der Waals surface area contributed by atoms with Gasteiger partial charge in [0.05, 0.1) is 30.0 Å². The third-order valence-electron chi connectivity index (χ3n) is 5.35. The molecule has 1 fully saturated rings. The monoisotopic (exact) mass is 429 g/mol. The Morgan fingerprint density at radius 2 is 1.53 bits per heavy atom. The van der Waals surface area contributed by atoms with Crippen LogP contribution in [0.3, 0.4) is 0 Å². The van der Waals surface area contributed by atoms with Gasteiger partial charge < -0.3 is 20.3 Å². The molecule has 1 aliphatic heterocycles. The molecule has 1 unspecified atom stereocenters. The topological polar surface area (TPSA) is 87.7 Å². The predicted octanol–water partition coefficient (Wildman–Crippen LogP) is 3.94. The fourth-order valence-electron chi connectivity index (χ4n) is 3.70. The van der Waals surface area contributed by atoms with Gasteiger partial charge in [-0.25, -0.2) is 0 Å². The van der Waals surface area contributed by atoms with Crippen molar-refractivity contribution in [2.24, 2.45) is 5.92 Å². The van der Waals surface area contributed by atoms with E-state index in [1.165, 1.54) is 7.11 Å². The lowest BCUT2D eigenvalue weighted by atomic mass is 10.1. The third kappa shape index (κ3) is 4.46. The van der Waals surface area contributed by atoms with Gasteiger partial charge in [-0.2, -0.15) is 0 Å². The van der Waals surface area contributed by atoms with E-state index in [4.69, 9.17) is 4.74 Å². The molecule has 0 spiro atoms. The van der Waals surface area contributed by atoms with E-state index in [1.54, 1.807) is 47.4 Å². The van der Waals surface area contributed by atoms with E-state index < -0.39 is 5.92 Å². The smallest absolute Gasteiger partial charge is 0.257 e. The average molecular weight is 429 g/mol. The van der Waals surface area contributed by atoms with Gasteiger partial charge in [-0.1, -0.05) is 42.5 Å². The molecule has 0 saturated carbocycles. The molecule has 3 aromatic rings. The highest BCUT2D eigenvalue weighted by molar-refractivity contribution is 6.11. The van der Waals surface area contributed by atoms with Crippen LogP contribution in [0, 0.1) is 5.92 Å². The molecule has 4 rings (SSSR count). The standard InChI is InChI=1S/C25H23N3O4/c1-32-22-14-8-7-13-21(22)27-25(31)19-11-5-6-12-20(19)26-24(30)17-15-23(29)28(16-17)18-9-3-2-4-10-18/h2-14,17H,15-16H2,1H3,(H,26,30)(H,27,31). The minimum Gasteiger partial charge on any atom is -0.495 e. The van der Waals surface area contributed by atoms with Crippen molar-refractivity contribution in [2.45, 2.75) is 6.42 Å². The Hall–Kier alpha value is -4.13. The first kappa shape index (κ1) is 21.1. The summed E-state index contributed by atoms with van der Waals surface area (Å²) in [5.41, 5.74) is 2.00. The van der Waals surface area contributed by atoms with Gasteiger partial charge in [0.25, 0.3) is 5.91 Å². The molecular weight excluding hydrogens is 406 g/mol. The molecule has 1 aliphatic rings. The first-order valence-corrected chi connectivity index (χ1v) is 10.3. The third-order valence-corrected chi connectivity index (χ3v) is 5.35. The molecule has 0 aliphatic carbocycles. The predicted molar refractivity (Wildman–Crippen MR) is 123 cm³/mol. The second kappa shape index (κ2) is 9.34. The maximum absolute atomic E-state index is 12.9. The van der Waals surface area contributed by atoms with E-state index in [0.29, 0.717) is 29.2 Å². The SMILES string of the molecule is COc1ccccc1NC(=O)c1ccccc1NC(=O)C1CC(=O)N(c2ccccc2)C1. The Labute approximate surface area is 186 Å². The minimum absolute atomic E-state index is 0.0986. The number of hydrogen-bond donors (Lipinski definition) is 2. The summed E-state index contributed by atoms with van der Waals surface area (Å²) in [7, 11) is 1.53. The van der Waals surface area contributed by atoms with Gasteiger partial charge in [0.1, 0.15) is 5.75 Å². The van der Waals surface area contributed by atoms with Crippen molar-refractivity contribution in [3.8, 4) is 5.75 Å². The largest absolute Gasteiger partial charge is 0.495 e. The lowest BCUT2D eigenvalue weighted by Crippen LogP contribution is -2.28. The van der Waals surface area contributed by atoms with Crippen LogP contribution >= 0.6 is 0 Å². The fraction of sp³-hybridized carbons (Fsp3) is 0.160. The van der Waals surface area contributed by atoms with Crippen LogP contribution in [-0.2, 0) is 9.59 Å². The van der Waals surface area contributed by atoms with Crippen molar-refractivity contribution < 1.29 is 19.1 Å². The minimum atomic E-state index is -0.506. The van der Waals surface area contributed by atoms with Crippen LogP contribution in [0.4, 0.5) is 17.1 Å². The van der Waals surface area contributed by atoms with E-state index in [0.717, 1.165) is 5.69 Å².